The number of hydrogen-bond donors (Lipinski definition) is 9. The van der Waals surface area contributed by atoms with Crippen LogP contribution in [0.3, 0.4) is 0 Å². The first kappa shape index (κ1) is 61.3. The van der Waals surface area contributed by atoms with Crippen molar-refractivity contribution in [2.45, 2.75) is 95.8 Å². The van der Waals surface area contributed by atoms with E-state index in [1.165, 1.54) is 70.2 Å². The number of alkyl carbamates (subject to hydrolysis) is 1. The number of amides is 2. The number of anilines is 2. The molecule has 4 aromatic carbocycles. The van der Waals surface area contributed by atoms with Crippen LogP contribution in [-0.4, -0.2) is 119 Å². The van der Waals surface area contributed by atoms with Gasteiger partial charge >= 0.3 is 35.5 Å². The molecular weight excluding hydrogens is 1220 g/mol. The van der Waals surface area contributed by atoms with E-state index >= 15 is 0 Å². The summed E-state index contributed by atoms with van der Waals surface area (Å²) in [5.74, 6) is 5.35. The lowest BCUT2D eigenvalue weighted by Gasteiger charge is -2.39. The summed E-state index contributed by atoms with van der Waals surface area (Å²) >= 11 is 0. The van der Waals surface area contributed by atoms with E-state index in [-0.39, 0.29) is 64.3 Å². The Bertz CT molecular complexity index is 4350. The van der Waals surface area contributed by atoms with E-state index in [0.717, 1.165) is 117 Å². The molecule has 32 heteroatoms. The Balaban J connectivity index is 0.743. The van der Waals surface area contributed by atoms with Crippen LogP contribution in [0.2, 0.25) is 0 Å². The molecule has 0 aliphatic carbocycles. The van der Waals surface area contributed by atoms with Crippen molar-refractivity contribution in [2.24, 2.45) is 0 Å². The van der Waals surface area contributed by atoms with Gasteiger partial charge in [-0.15, -0.1) is 0 Å². The van der Waals surface area contributed by atoms with Gasteiger partial charge in [0.05, 0.1) is 51.8 Å². The van der Waals surface area contributed by atoms with Crippen molar-refractivity contribution in [3.8, 4) is 23.3 Å². The maximum atomic E-state index is 14.3. The van der Waals surface area contributed by atoms with Crippen molar-refractivity contribution in [1.82, 2.24) is 29.7 Å². The number of nitro groups is 1. The SMILES string of the molecule is CC(OC(=O)NCC#Cc1cn([C@H]2CC(O)[C@@H](COP(=O)(O)OP(=O)(O)OP(=O)(O)O)O2)c2ncnc(N)c12)c1cc(CNC(=O)c2ccc(C(=O)O)c(C3=c4cc5c6c(c4Oc4c3cc3c7c4CCCN7CCC3)CCC[N+]=6CCC5)c2)ccc1[N+](=O)[O-]. The summed E-state index contributed by atoms with van der Waals surface area (Å²) in [4.78, 5) is 100. The van der Waals surface area contributed by atoms with Gasteiger partial charge in [0, 0.05) is 89.9 Å². The Kier molecular flexibility index (Phi) is 16.6. The number of phosphoric ester groups is 1. The van der Waals surface area contributed by atoms with Crippen LogP contribution in [0.4, 0.5) is 22.0 Å². The van der Waals surface area contributed by atoms with Gasteiger partial charge in [-0.3, -0.25) is 19.4 Å². The van der Waals surface area contributed by atoms with Crippen molar-refractivity contribution in [3.05, 3.63) is 143 Å². The number of aryl methyl sites for hydroxylation is 2. The molecule has 6 aliphatic heterocycles. The molecule has 0 bridgehead atoms. The Morgan fingerprint density at radius 3 is 2.43 bits per heavy atom. The van der Waals surface area contributed by atoms with Crippen molar-refractivity contribution in [1.29, 1.82) is 0 Å². The number of nitrogen functional groups attached to an aromatic ring is 1. The van der Waals surface area contributed by atoms with Crippen LogP contribution in [-0.2, 0) is 68.5 Å². The van der Waals surface area contributed by atoms with Gasteiger partial charge < -0.3 is 69.8 Å². The largest absolute Gasteiger partial charge is 0.490 e. The van der Waals surface area contributed by atoms with Crippen LogP contribution in [0.15, 0.2) is 61.1 Å². The molecule has 10 N–H and O–H groups in total. The quantitative estimate of drug-likeness (QED) is 0.0194. The number of aliphatic hydroxyl groups excluding tert-OH is 1. The van der Waals surface area contributed by atoms with Crippen molar-refractivity contribution in [3.63, 3.8) is 0 Å². The number of nitrogens with one attached hydrogen (secondary N) is 2. The smallest absolute Gasteiger partial charge is 0.478 e. The number of carboxylic acids is 1. The number of carbonyl (C=O) groups is 3. The number of carbonyl (C=O) groups excluding carboxylic acids is 2. The van der Waals surface area contributed by atoms with E-state index in [2.05, 4.69) is 67.2 Å². The van der Waals surface area contributed by atoms with E-state index in [4.69, 9.17) is 29.7 Å². The summed E-state index contributed by atoms with van der Waals surface area (Å²) in [6, 6.07) is 13.0. The first-order valence-electron chi connectivity index (χ1n) is 28.4. The van der Waals surface area contributed by atoms with Crippen LogP contribution >= 0.6 is 23.5 Å². The Hall–Kier alpha value is -7.93. The second-order valence-corrected chi connectivity index (χ2v) is 26.6. The van der Waals surface area contributed by atoms with Crippen LogP contribution in [0.1, 0.15) is 122 Å². The second-order valence-electron chi connectivity index (χ2n) is 22.2. The molecule has 6 aromatic rings. The van der Waals surface area contributed by atoms with Crippen LogP contribution in [0.25, 0.3) is 16.6 Å². The molecule has 2 amide bonds. The molecule has 466 valence electrons. The zero-order chi connectivity index (χ0) is 62.8. The highest BCUT2D eigenvalue weighted by Gasteiger charge is 2.44. The number of hydrogen-bond acceptors (Lipinski definition) is 19. The van der Waals surface area contributed by atoms with Crippen LogP contribution < -0.4 is 41.2 Å². The molecule has 12 rings (SSSR count). The molecule has 89 heavy (non-hydrogen) atoms. The lowest BCUT2D eigenvalue weighted by molar-refractivity contribution is -0.386. The third-order valence-corrected chi connectivity index (χ3v) is 20.3. The second kappa shape index (κ2) is 24.1. The third kappa shape index (κ3) is 12.4. The van der Waals surface area contributed by atoms with Crippen molar-refractivity contribution in [2.75, 3.05) is 50.0 Å². The normalized spacial score (nSPS) is 19.8. The summed E-state index contributed by atoms with van der Waals surface area (Å²) in [5, 5.41) is 41.6. The van der Waals surface area contributed by atoms with E-state index in [9.17, 15) is 58.2 Å². The first-order chi connectivity index (χ1) is 42.4. The predicted molar refractivity (Wildman–Crippen MR) is 314 cm³/mol. The van der Waals surface area contributed by atoms with Gasteiger partial charge in [0.2, 0.25) is 5.36 Å². The minimum atomic E-state index is -5.81. The number of aromatic carboxylic acids is 1. The number of fused-ring (bicyclic) bond motifs is 5. The number of aliphatic hydroxyl groups is 1. The number of nitrogens with two attached hydrogens (primary N) is 1. The van der Waals surface area contributed by atoms with Gasteiger partial charge in [-0.25, -0.2) is 37.8 Å². The summed E-state index contributed by atoms with van der Waals surface area (Å²) in [6.45, 7) is 3.85. The topological polar surface area (TPSA) is 409 Å². The summed E-state index contributed by atoms with van der Waals surface area (Å²) in [6.07, 6.45) is 3.58. The standard InChI is InChI=1S/C57H58N9O20P3/c1-30(82-57(71)59-16-2-7-35-27-65(54-47(35)53(58)61-29-62-54)46-25-44(67)45(83-46)28-81-88(77,78)86-89(79,80)85-87(74,75)76)39-21-31(12-15-43(39)66(72)73)26-60-55(68)34-13-14-36(56(69)70)40(24-34)48-41-22-32-8-3-17-63-19-5-10-37(49(32)63)51(41)84-52-38-11-6-20-64-18-4-9-33(50(38)64)23-42(48)52/h12-15,21-24,27,29-30,44-46,67H,3-6,8-11,16-20,25-26,28H2,1H3,(H8-,58,59,60,61,62,68,69,70,71,74,75,76,77,78,79,80)/p+1/t30?,44?,45-,46-/m1/s1. The molecule has 4 unspecified atom stereocenters. The molecule has 0 radical (unpaired) electrons. The van der Waals surface area contributed by atoms with E-state index in [1.807, 2.05) is 0 Å². The monoisotopic (exact) mass is 1280 g/mol. The minimum absolute atomic E-state index is 0.0109. The molecule has 2 aromatic heterocycles. The zero-order valence-corrected chi connectivity index (χ0v) is 50.1. The number of nitro benzene ring substituents is 1. The highest BCUT2D eigenvalue weighted by atomic mass is 31.3. The number of aromatic nitrogens is 3. The Morgan fingerprint density at radius 2 is 1.66 bits per heavy atom. The lowest BCUT2D eigenvalue weighted by Crippen LogP contribution is -2.45. The highest BCUT2D eigenvalue weighted by molar-refractivity contribution is 7.66. The average Bonchev–Trinajstić information content (AvgIpc) is 1.31. The predicted octanol–water partition coefficient (Wildman–Crippen LogP) is 4.82. The number of benzene rings is 4. The number of rotatable bonds is 17. The fraction of sp³-hybridized carbons (Fsp3) is 0.368. The maximum Gasteiger partial charge on any atom is 0.490 e. The van der Waals surface area contributed by atoms with Gasteiger partial charge in [-0.05, 0) is 98.5 Å². The number of ether oxygens (including phenoxy) is 3. The Labute approximate surface area is 505 Å². The maximum absolute atomic E-state index is 14.3. The summed E-state index contributed by atoms with van der Waals surface area (Å²) in [7, 11) is -17.0. The van der Waals surface area contributed by atoms with E-state index < -0.39 is 77.5 Å². The fourth-order valence-electron chi connectivity index (χ4n) is 12.8. The molecular formula is C57H59N9O20P3+. The number of nitrogens with zero attached hydrogens (tertiary/aromatic N) is 6. The van der Waals surface area contributed by atoms with E-state index in [0.29, 0.717) is 16.7 Å². The molecule has 6 atom stereocenters. The molecule has 1 saturated heterocycles. The zero-order valence-electron chi connectivity index (χ0n) is 47.4. The lowest BCUT2D eigenvalue weighted by atomic mass is 9.81. The van der Waals surface area contributed by atoms with Crippen molar-refractivity contribution < 1.29 is 90.1 Å². The van der Waals surface area contributed by atoms with Gasteiger partial charge in [0.25, 0.3) is 11.6 Å². The van der Waals surface area contributed by atoms with Crippen LogP contribution in [0, 0.1) is 22.0 Å². The summed E-state index contributed by atoms with van der Waals surface area (Å²) in [5.41, 5.74) is 14.6. The van der Waals surface area contributed by atoms with Gasteiger partial charge in [0.15, 0.2) is 0 Å². The van der Waals surface area contributed by atoms with Gasteiger partial charge in [0.1, 0.15) is 60.8 Å². The number of carboxylic acid groups (broad SMARTS) is 1. The summed E-state index contributed by atoms with van der Waals surface area (Å²) < 4.78 is 69.6. The molecule has 8 heterocycles. The molecule has 0 spiro atoms. The Morgan fingerprint density at radius 1 is 0.910 bits per heavy atom. The van der Waals surface area contributed by atoms with Gasteiger partial charge in [-0.2, -0.15) is 8.62 Å². The fourth-order valence-corrected chi connectivity index (χ4v) is 15.9. The third-order valence-electron chi connectivity index (χ3n) is 16.4. The van der Waals surface area contributed by atoms with E-state index in [1.54, 1.807) is 6.07 Å². The van der Waals surface area contributed by atoms with Crippen LogP contribution in [0.5, 0.6) is 11.5 Å². The minimum Gasteiger partial charge on any atom is -0.478 e. The molecule has 0 saturated carbocycles. The highest BCUT2D eigenvalue weighted by Crippen LogP contribution is 2.66. The average molecular weight is 1280 g/mol. The molecule has 6 aliphatic rings. The number of phosphoric acid groups is 3. The first-order valence-corrected chi connectivity index (χ1v) is 32.9. The van der Waals surface area contributed by atoms with Gasteiger partial charge in [-0.1, -0.05) is 17.9 Å². The van der Waals surface area contributed by atoms with Crippen molar-refractivity contribution >= 4 is 75.2 Å². The molecule has 1 fully saturated rings. The molecule has 29 nitrogen and oxygen atoms in total.